The van der Waals surface area contributed by atoms with Crippen molar-refractivity contribution in [1.82, 2.24) is 5.32 Å². The number of thiol groups is 1. The van der Waals surface area contributed by atoms with Crippen molar-refractivity contribution >= 4 is 29.3 Å². The summed E-state index contributed by atoms with van der Waals surface area (Å²) in [5, 5.41) is 5.24. The third kappa shape index (κ3) is 2.93. The average molecular weight is 299 g/mol. The van der Waals surface area contributed by atoms with Crippen LogP contribution in [0.2, 0.25) is 0 Å². The second kappa shape index (κ2) is 6.10. The van der Waals surface area contributed by atoms with E-state index in [4.69, 9.17) is 0 Å². The molecule has 2 nitrogen and oxygen atoms in total. The maximum Gasteiger partial charge on any atom is 0.252 e. The fourth-order valence-corrected chi connectivity index (χ4v) is 3.55. The van der Waals surface area contributed by atoms with Gasteiger partial charge >= 0.3 is 0 Å². The smallest absolute Gasteiger partial charge is 0.252 e. The van der Waals surface area contributed by atoms with Crippen LogP contribution in [0.5, 0.6) is 0 Å². The number of hydrogen-bond acceptors (Lipinski definition) is 2. The Morgan fingerprint density at radius 2 is 1.81 bits per heavy atom. The Bertz CT molecular complexity index is 667. The first-order valence-corrected chi connectivity index (χ1v) is 8.13. The molecule has 21 heavy (non-hydrogen) atoms. The molecule has 2 aromatic carbocycles. The molecule has 0 bridgehead atoms. The largest absolute Gasteiger partial charge is 0.349 e. The molecule has 110 valence electrons. The number of carbonyl (C=O) groups is 1. The van der Waals surface area contributed by atoms with E-state index in [9.17, 15) is 4.79 Å². The van der Waals surface area contributed by atoms with Crippen LogP contribution in [0.15, 0.2) is 41.3 Å². The Morgan fingerprint density at radius 1 is 1.10 bits per heavy atom. The average Bonchev–Trinajstić information content (AvgIpc) is 2.49. The Morgan fingerprint density at radius 3 is 2.62 bits per heavy atom. The first-order chi connectivity index (χ1) is 10.2. The molecule has 0 aliphatic heterocycles. The summed E-state index contributed by atoms with van der Waals surface area (Å²) in [7, 11) is 0. The highest BCUT2D eigenvalue weighted by Gasteiger charge is 2.23. The number of amides is 1. The summed E-state index contributed by atoms with van der Waals surface area (Å²) >= 11 is 4.48. The molecular weight excluding hydrogens is 278 g/mol. The maximum absolute atomic E-state index is 12.6. The highest BCUT2D eigenvalue weighted by molar-refractivity contribution is 7.80. The molecule has 1 aliphatic carbocycles. The van der Waals surface area contributed by atoms with E-state index in [1.165, 1.54) is 19.3 Å². The summed E-state index contributed by atoms with van der Waals surface area (Å²) in [5.74, 6) is 0.608. The van der Waals surface area contributed by atoms with Crippen LogP contribution < -0.4 is 5.32 Å². The predicted molar refractivity (Wildman–Crippen MR) is 90.1 cm³/mol. The van der Waals surface area contributed by atoms with Crippen molar-refractivity contribution < 1.29 is 4.79 Å². The second-order valence-corrected chi connectivity index (χ2v) is 6.50. The van der Waals surface area contributed by atoms with Crippen LogP contribution in [0.3, 0.4) is 0 Å². The molecule has 2 unspecified atom stereocenters. The van der Waals surface area contributed by atoms with Crippen LogP contribution in [-0.2, 0) is 0 Å². The Labute approximate surface area is 131 Å². The van der Waals surface area contributed by atoms with Gasteiger partial charge in [0, 0.05) is 16.5 Å². The molecule has 3 rings (SSSR count). The van der Waals surface area contributed by atoms with Gasteiger partial charge in [0.1, 0.15) is 0 Å². The van der Waals surface area contributed by atoms with Crippen LogP contribution in [-0.4, -0.2) is 11.9 Å². The van der Waals surface area contributed by atoms with E-state index < -0.39 is 0 Å². The van der Waals surface area contributed by atoms with Gasteiger partial charge in [0.2, 0.25) is 0 Å². The molecule has 0 spiro atoms. The highest BCUT2D eigenvalue weighted by atomic mass is 32.1. The van der Waals surface area contributed by atoms with Gasteiger partial charge in [-0.15, -0.1) is 12.6 Å². The maximum atomic E-state index is 12.6. The molecule has 2 atom stereocenters. The normalized spacial score (nSPS) is 22.2. The van der Waals surface area contributed by atoms with Gasteiger partial charge in [0.25, 0.3) is 5.91 Å². The lowest BCUT2D eigenvalue weighted by Gasteiger charge is -2.29. The zero-order chi connectivity index (χ0) is 14.8. The fourth-order valence-electron chi connectivity index (χ4n) is 3.27. The second-order valence-electron chi connectivity index (χ2n) is 6.02. The lowest BCUT2D eigenvalue weighted by atomic mass is 9.85. The number of carbonyl (C=O) groups excluding carboxylic acids is 1. The molecule has 2 aromatic rings. The van der Waals surface area contributed by atoms with Gasteiger partial charge < -0.3 is 5.32 Å². The third-order valence-electron chi connectivity index (χ3n) is 4.57. The van der Waals surface area contributed by atoms with Crippen molar-refractivity contribution in [2.45, 2.75) is 43.5 Å². The summed E-state index contributed by atoms with van der Waals surface area (Å²) in [5.41, 5.74) is 0.751. The summed E-state index contributed by atoms with van der Waals surface area (Å²) in [6, 6.07) is 12.0. The van der Waals surface area contributed by atoms with Gasteiger partial charge in [-0.1, -0.05) is 44.0 Å². The molecule has 0 saturated heterocycles. The number of benzene rings is 2. The molecule has 1 N–H and O–H groups in total. The summed E-state index contributed by atoms with van der Waals surface area (Å²) in [6.07, 6.45) is 4.80. The summed E-state index contributed by atoms with van der Waals surface area (Å²) in [6.45, 7) is 2.24. The van der Waals surface area contributed by atoms with Crippen LogP contribution in [0.4, 0.5) is 0 Å². The number of fused-ring (bicyclic) bond motifs is 1. The number of rotatable bonds is 2. The molecule has 3 heteroatoms. The van der Waals surface area contributed by atoms with Crippen LogP contribution in [0, 0.1) is 5.92 Å². The van der Waals surface area contributed by atoms with E-state index in [0.717, 1.165) is 27.7 Å². The molecule has 1 aliphatic rings. The van der Waals surface area contributed by atoms with Gasteiger partial charge in [-0.2, -0.15) is 0 Å². The van der Waals surface area contributed by atoms with Gasteiger partial charge in [0.05, 0.1) is 0 Å². The summed E-state index contributed by atoms with van der Waals surface area (Å²) in [4.78, 5) is 13.6. The predicted octanol–water partition coefficient (Wildman–Crippen LogP) is 4.44. The molecule has 1 fully saturated rings. The zero-order valence-electron chi connectivity index (χ0n) is 12.3. The highest BCUT2D eigenvalue weighted by Crippen LogP contribution is 2.27. The Balaban J connectivity index is 1.89. The van der Waals surface area contributed by atoms with Gasteiger partial charge in [0.15, 0.2) is 0 Å². The minimum Gasteiger partial charge on any atom is -0.349 e. The van der Waals surface area contributed by atoms with Gasteiger partial charge in [-0.05, 0) is 41.7 Å². The van der Waals surface area contributed by atoms with Crippen molar-refractivity contribution in [3.8, 4) is 0 Å². The zero-order valence-corrected chi connectivity index (χ0v) is 13.2. The fraction of sp³-hybridized carbons (Fsp3) is 0.389. The molecule has 1 saturated carbocycles. The first kappa shape index (κ1) is 14.5. The first-order valence-electron chi connectivity index (χ1n) is 7.68. The molecule has 0 radical (unpaired) electrons. The SMILES string of the molecule is CC1CCCCC1NC(=O)c1cccc2c(S)cccc12. The Hall–Kier alpha value is -1.48. The van der Waals surface area contributed by atoms with E-state index >= 15 is 0 Å². The Kier molecular flexibility index (Phi) is 4.20. The van der Waals surface area contributed by atoms with Crippen LogP contribution in [0.1, 0.15) is 43.0 Å². The van der Waals surface area contributed by atoms with Crippen molar-refractivity contribution in [3.05, 3.63) is 42.0 Å². The standard InChI is InChI=1S/C18H21NOS/c1-12-6-2-3-10-16(12)19-18(20)15-9-4-8-14-13(15)7-5-11-17(14)21/h4-5,7-9,11-12,16,21H,2-3,6,10H2,1H3,(H,19,20). The van der Waals surface area contributed by atoms with Crippen LogP contribution in [0.25, 0.3) is 10.8 Å². The third-order valence-corrected chi connectivity index (χ3v) is 4.96. The van der Waals surface area contributed by atoms with Crippen molar-refractivity contribution in [1.29, 1.82) is 0 Å². The summed E-state index contributed by atoms with van der Waals surface area (Å²) < 4.78 is 0. The van der Waals surface area contributed by atoms with Crippen LogP contribution >= 0.6 is 12.6 Å². The molecule has 0 heterocycles. The van der Waals surface area contributed by atoms with Gasteiger partial charge in [-0.25, -0.2) is 0 Å². The quantitative estimate of drug-likeness (QED) is 0.789. The monoisotopic (exact) mass is 299 g/mol. The van der Waals surface area contributed by atoms with E-state index in [2.05, 4.69) is 24.9 Å². The molecular formula is C18H21NOS. The van der Waals surface area contributed by atoms with Gasteiger partial charge in [-0.3, -0.25) is 4.79 Å². The van der Waals surface area contributed by atoms with E-state index in [0.29, 0.717) is 12.0 Å². The van der Waals surface area contributed by atoms with Crippen molar-refractivity contribution in [2.24, 2.45) is 5.92 Å². The van der Waals surface area contributed by atoms with Crippen molar-refractivity contribution in [2.75, 3.05) is 0 Å². The minimum atomic E-state index is 0.0401. The molecule has 0 aromatic heterocycles. The van der Waals surface area contributed by atoms with E-state index in [1.807, 2.05) is 36.4 Å². The topological polar surface area (TPSA) is 29.1 Å². The van der Waals surface area contributed by atoms with E-state index in [1.54, 1.807) is 0 Å². The number of nitrogens with one attached hydrogen (secondary N) is 1. The van der Waals surface area contributed by atoms with Crippen molar-refractivity contribution in [3.63, 3.8) is 0 Å². The lowest BCUT2D eigenvalue weighted by Crippen LogP contribution is -2.41. The minimum absolute atomic E-state index is 0.0401. The van der Waals surface area contributed by atoms with E-state index in [-0.39, 0.29) is 5.91 Å². The molecule has 1 amide bonds. The lowest BCUT2D eigenvalue weighted by molar-refractivity contribution is 0.0912. The number of hydrogen-bond donors (Lipinski definition) is 2.